The minimum Gasteiger partial charge on any atom is -0.485 e. The zero-order chi connectivity index (χ0) is 24.2. The molecule has 0 fully saturated rings. The predicted molar refractivity (Wildman–Crippen MR) is 127 cm³/mol. The fourth-order valence-corrected chi connectivity index (χ4v) is 5.26. The van der Waals surface area contributed by atoms with Gasteiger partial charge < -0.3 is 18.9 Å². The van der Waals surface area contributed by atoms with Crippen molar-refractivity contribution < 1.29 is 28.5 Å². The zero-order valence-corrected chi connectivity index (χ0v) is 20.1. The zero-order valence-electron chi connectivity index (χ0n) is 19.4. The first-order valence-corrected chi connectivity index (χ1v) is 11.5. The summed E-state index contributed by atoms with van der Waals surface area (Å²) in [5.41, 5.74) is 2.79. The van der Waals surface area contributed by atoms with Crippen molar-refractivity contribution in [2.45, 2.75) is 33.4 Å². The van der Waals surface area contributed by atoms with E-state index in [9.17, 15) is 9.59 Å². The van der Waals surface area contributed by atoms with E-state index in [0.717, 1.165) is 0 Å². The Morgan fingerprint density at radius 2 is 1.68 bits per heavy atom. The van der Waals surface area contributed by atoms with Gasteiger partial charge in [0.1, 0.15) is 17.1 Å². The van der Waals surface area contributed by atoms with Crippen molar-refractivity contribution in [1.82, 2.24) is 0 Å². The largest absolute Gasteiger partial charge is 0.485 e. The van der Waals surface area contributed by atoms with E-state index in [0.29, 0.717) is 55.8 Å². The molecule has 0 N–H and O–H groups in total. The number of esters is 2. The lowest BCUT2D eigenvalue weighted by atomic mass is 9.78. The minimum atomic E-state index is -1.15. The van der Waals surface area contributed by atoms with Crippen LogP contribution in [0.15, 0.2) is 47.9 Å². The summed E-state index contributed by atoms with van der Waals surface area (Å²) >= 11 is 6.37. The molecule has 0 saturated carbocycles. The quantitative estimate of drug-likeness (QED) is 0.567. The number of hydrogen-bond donors (Lipinski definition) is 0. The third kappa shape index (κ3) is 3.03. The van der Waals surface area contributed by atoms with Crippen LogP contribution in [0.5, 0.6) is 5.75 Å². The Labute approximate surface area is 202 Å². The van der Waals surface area contributed by atoms with E-state index in [2.05, 4.69) is 0 Å². The maximum atomic E-state index is 13.2. The van der Waals surface area contributed by atoms with Crippen LogP contribution in [-0.4, -0.2) is 31.8 Å². The molecule has 2 aromatic rings. The number of ether oxygens (including phenoxy) is 4. The van der Waals surface area contributed by atoms with Gasteiger partial charge in [0.05, 0.1) is 24.5 Å². The first kappa shape index (κ1) is 22.3. The molecule has 0 radical (unpaired) electrons. The number of rotatable bonds is 4. The van der Waals surface area contributed by atoms with Gasteiger partial charge in [-0.3, -0.25) is 4.90 Å². The summed E-state index contributed by atoms with van der Waals surface area (Å²) in [5.74, 6) is 0.0782. The van der Waals surface area contributed by atoms with E-state index in [-0.39, 0.29) is 19.8 Å². The molecule has 3 aliphatic heterocycles. The molecule has 8 heteroatoms. The van der Waals surface area contributed by atoms with Crippen molar-refractivity contribution in [2.75, 3.05) is 24.7 Å². The highest BCUT2D eigenvalue weighted by molar-refractivity contribution is 6.31. The second-order valence-corrected chi connectivity index (χ2v) is 8.62. The third-order valence-corrected chi connectivity index (χ3v) is 6.51. The van der Waals surface area contributed by atoms with Crippen LogP contribution in [0, 0.1) is 0 Å². The molecule has 7 nitrogen and oxygen atoms in total. The molecule has 34 heavy (non-hydrogen) atoms. The molecule has 0 aromatic heterocycles. The number of fused-ring (bicyclic) bond motifs is 2. The molecule has 5 rings (SSSR count). The van der Waals surface area contributed by atoms with Crippen LogP contribution in [0.25, 0.3) is 11.1 Å². The highest BCUT2D eigenvalue weighted by Gasteiger charge is 2.56. The molecule has 2 aromatic carbocycles. The van der Waals surface area contributed by atoms with Gasteiger partial charge >= 0.3 is 11.9 Å². The summed E-state index contributed by atoms with van der Waals surface area (Å²) in [6.45, 7) is 7.69. The molecule has 1 atom stereocenters. The fourth-order valence-electron chi connectivity index (χ4n) is 5.09. The molecule has 1 unspecified atom stereocenters. The second-order valence-electron chi connectivity index (χ2n) is 8.18. The smallest absolute Gasteiger partial charge is 0.342 e. The Kier molecular flexibility index (Phi) is 5.32. The van der Waals surface area contributed by atoms with E-state index < -0.39 is 17.7 Å². The highest BCUT2D eigenvalue weighted by Crippen LogP contribution is 2.56. The second kappa shape index (κ2) is 8.09. The molecule has 176 valence electrons. The van der Waals surface area contributed by atoms with Gasteiger partial charge in [-0.05, 0) is 45.9 Å². The lowest BCUT2D eigenvalue weighted by Gasteiger charge is -2.53. The Morgan fingerprint density at radius 3 is 2.35 bits per heavy atom. The monoisotopic (exact) mass is 481 g/mol. The molecule has 0 bridgehead atoms. The molecular formula is C26H24ClNO6. The molecule has 0 aliphatic carbocycles. The normalized spacial score (nSPS) is 20.0. The summed E-state index contributed by atoms with van der Waals surface area (Å²) in [6.07, 6.45) is 0. The van der Waals surface area contributed by atoms with E-state index in [1.807, 2.05) is 30.0 Å². The number of allylic oxidation sites excluding steroid dienone is 2. The summed E-state index contributed by atoms with van der Waals surface area (Å²) in [7, 11) is 0. The maximum Gasteiger partial charge on any atom is 0.342 e. The van der Waals surface area contributed by atoms with Crippen LogP contribution in [0.2, 0.25) is 5.02 Å². The summed E-state index contributed by atoms with van der Waals surface area (Å²) in [4.78, 5) is 28.1. The lowest BCUT2D eigenvalue weighted by Crippen LogP contribution is -2.58. The molecule has 0 saturated heterocycles. The number of anilines is 1. The van der Waals surface area contributed by atoms with Crippen molar-refractivity contribution in [3.63, 3.8) is 0 Å². The molecule has 0 amide bonds. The number of carbonyl (C=O) groups is 2. The SMILES string of the molecule is CCOC(=O)C1=C(C)OC23COc4ccc(Cl)cc4N2C(C)=C(C(=O)OCC)c2cccc1c23. The maximum absolute atomic E-state index is 13.2. The van der Waals surface area contributed by atoms with Gasteiger partial charge in [-0.1, -0.05) is 29.8 Å². The summed E-state index contributed by atoms with van der Waals surface area (Å²) in [6, 6.07) is 10.8. The number of halogens is 1. The van der Waals surface area contributed by atoms with Gasteiger partial charge in [0.25, 0.3) is 0 Å². The summed E-state index contributed by atoms with van der Waals surface area (Å²) < 4.78 is 23.5. The number of nitrogens with zero attached hydrogens (tertiary/aromatic N) is 1. The number of carbonyl (C=O) groups excluding carboxylic acids is 2. The van der Waals surface area contributed by atoms with Crippen molar-refractivity contribution in [1.29, 1.82) is 0 Å². The van der Waals surface area contributed by atoms with Crippen molar-refractivity contribution in [3.05, 3.63) is 69.6 Å². The van der Waals surface area contributed by atoms with Gasteiger partial charge in [0, 0.05) is 27.4 Å². The van der Waals surface area contributed by atoms with Crippen LogP contribution in [0.4, 0.5) is 5.69 Å². The van der Waals surface area contributed by atoms with Crippen LogP contribution in [0.1, 0.15) is 44.4 Å². The molecular weight excluding hydrogens is 458 g/mol. The van der Waals surface area contributed by atoms with E-state index >= 15 is 0 Å². The highest BCUT2D eigenvalue weighted by atomic mass is 35.5. The fraction of sp³-hybridized carbons (Fsp3) is 0.308. The van der Waals surface area contributed by atoms with Crippen molar-refractivity contribution in [3.8, 4) is 5.75 Å². The lowest BCUT2D eigenvalue weighted by molar-refractivity contribution is -0.137. The van der Waals surface area contributed by atoms with Gasteiger partial charge in [-0.2, -0.15) is 0 Å². The van der Waals surface area contributed by atoms with Crippen LogP contribution < -0.4 is 9.64 Å². The Bertz CT molecular complexity index is 1300. The van der Waals surface area contributed by atoms with E-state index in [4.69, 9.17) is 30.5 Å². The van der Waals surface area contributed by atoms with Crippen LogP contribution in [-0.2, 0) is 29.5 Å². The Morgan fingerprint density at radius 1 is 1.03 bits per heavy atom. The van der Waals surface area contributed by atoms with E-state index in [1.165, 1.54) is 0 Å². The average molecular weight is 482 g/mol. The minimum absolute atomic E-state index is 0.131. The van der Waals surface area contributed by atoms with E-state index in [1.54, 1.807) is 39.0 Å². The topological polar surface area (TPSA) is 74.3 Å². The average Bonchev–Trinajstić information content (AvgIpc) is 2.79. The van der Waals surface area contributed by atoms with Crippen LogP contribution >= 0.6 is 11.6 Å². The van der Waals surface area contributed by atoms with Gasteiger partial charge in [0.15, 0.2) is 6.61 Å². The van der Waals surface area contributed by atoms with Crippen molar-refractivity contribution in [2.24, 2.45) is 0 Å². The standard InChI is InChI=1S/C26H24ClNO6/c1-5-31-24(29)21-14(3)28-19-12-16(27)10-11-20(19)33-13-26(28)23-17(21)8-7-9-18(23)22(15(4)34-26)25(30)32-6-2/h7-12H,5-6,13H2,1-4H3. The third-order valence-electron chi connectivity index (χ3n) is 6.27. The molecule has 3 heterocycles. The molecule has 3 aliphatic rings. The van der Waals surface area contributed by atoms with Crippen LogP contribution in [0.3, 0.4) is 0 Å². The van der Waals surface area contributed by atoms with Crippen molar-refractivity contribution >= 4 is 40.4 Å². The Hall–Kier alpha value is -3.45. The first-order chi connectivity index (χ1) is 16.3. The Balaban J connectivity index is 1.86. The van der Waals surface area contributed by atoms with Gasteiger partial charge in [-0.15, -0.1) is 0 Å². The number of benzene rings is 2. The summed E-state index contributed by atoms with van der Waals surface area (Å²) in [5, 5.41) is 0.513. The van der Waals surface area contributed by atoms with Gasteiger partial charge in [0.2, 0.25) is 5.72 Å². The molecule has 1 spiro atoms. The number of hydrogen-bond acceptors (Lipinski definition) is 7. The predicted octanol–water partition coefficient (Wildman–Crippen LogP) is 5.02. The van der Waals surface area contributed by atoms with Gasteiger partial charge in [-0.25, -0.2) is 9.59 Å². The first-order valence-electron chi connectivity index (χ1n) is 11.2.